The van der Waals surface area contributed by atoms with Crippen molar-refractivity contribution in [3.8, 4) is 0 Å². The van der Waals surface area contributed by atoms with E-state index in [1.165, 1.54) is 0 Å². The van der Waals surface area contributed by atoms with Crippen LogP contribution in [0.15, 0.2) is 47.2 Å². The molecule has 0 saturated heterocycles. The minimum absolute atomic E-state index is 1.73. The average Bonchev–Trinajstić information content (AvgIpc) is 1.96. The van der Waals surface area contributed by atoms with Crippen LogP contribution >= 0.6 is 0 Å². The molecular formula is C10H9N. The molecule has 54 valence electrons. The Labute approximate surface area is 67.0 Å². The lowest BCUT2D eigenvalue weighted by Crippen LogP contribution is -1.98. The summed E-state index contributed by atoms with van der Waals surface area (Å²) in [5, 5.41) is 0. The Balaban J connectivity index is 4.73. The number of rotatable bonds is 1. The van der Waals surface area contributed by atoms with Gasteiger partial charge in [-0.2, -0.15) is 0 Å². The van der Waals surface area contributed by atoms with E-state index in [-0.39, 0.29) is 0 Å². The molecule has 0 aromatic rings. The van der Waals surface area contributed by atoms with Crippen molar-refractivity contribution in [2.75, 3.05) is 14.1 Å². The van der Waals surface area contributed by atoms with Crippen molar-refractivity contribution < 1.29 is 0 Å². The summed E-state index contributed by atoms with van der Waals surface area (Å²) >= 11 is 0. The molecule has 0 N–H and O–H groups in total. The van der Waals surface area contributed by atoms with Crippen molar-refractivity contribution in [2.24, 2.45) is 0 Å². The van der Waals surface area contributed by atoms with Gasteiger partial charge in [0.15, 0.2) is 0 Å². The third-order valence-electron chi connectivity index (χ3n) is 0.671. The van der Waals surface area contributed by atoms with Crippen LogP contribution in [0.5, 0.6) is 0 Å². The average molecular weight is 143 g/mol. The van der Waals surface area contributed by atoms with Gasteiger partial charge in [-0.05, 0) is 35.2 Å². The second-order valence-electron chi connectivity index (χ2n) is 1.91. The normalized spacial score (nSPS) is 5.27. The largest absolute Gasteiger partial charge is 0.377 e. The van der Waals surface area contributed by atoms with Crippen LogP contribution in [0.4, 0.5) is 0 Å². The van der Waals surface area contributed by atoms with Gasteiger partial charge in [0.2, 0.25) is 0 Å². The van der Waals surface area contributed by atoms with Crippen molar-refractivity contribution in [3.63, 3.8) is 0 Å². The Kier molecular flexibility index (Phi) is 5.32. The van der Waals surface area contributed by atoms with Crippen LogP contribution in [0.25, 0.3) is 0 Å². The van der Waals surface area contributed by atoms with Crippen LogP contribution < -0.4 is 0 Å². The lowest BCUT2D eigenvalue weighted by Gasteiger charge is -1.97. The van der Waals surface area contributed by atoms with E-state index < -0.39 is 0 Å². The Morgan fingerprint density at radius 3 is 2.27 bits per heavy atom. The van der Waals surface area contributed by atoms with Gasteiger partial charge in [0.1, 0.15) is 0 Å². The molecule has 1 heteroatoms. The van der Waals surface area contributed by atoms with E-state index in [2.05, 4.69) is 41.0 Å². The van der Waals surface area contributed by atoms with Crippen molar-refractivity contribution in [1.29, 1.82) is 0 Å². The summed E-state index contributed by atoms with van der Waals surface area (Å²) in [7, 11) is 3.80. The van der Waals surface area contributed by atoms with E-state index in [1.807, 2.05) is 19.0 Å². The monoisotopic (exact) mass is 143 g/mol. The van der Waals surface area contributed by atoms with Crippen LogP contribution in [-0.4, -0.2) is 19.0 Å². The Morgan fingerprint density at radius 2 is 1.73 bits per heavy atom. The van der Waals surface area contributed by atoms with Crippen LogP contribution in [0, 0.1) is 0 Å². The minimum atomic E-state index is 1.73. The molecule has 0 rings (SSSR count). The maximum absolute atomic E-state index is 3.30. The maximum atomic E-state index is 3.30. The summed E-state index contributed by atoms with van der Waals surface area (Å²) < 4.78 is 0. The zero-order valence-electron chi connectivity index (χ0n) is 6.73. The summed E-state index contributed by atoms with van der Waals surface area (Å²) in [5.41, 5.74) is 15.3. The van der Waals surface area contributed by atoms with Gasteiger partial charge >= 0.3 is 0 Å². The van der Waals surface area contributed by atoms with E-state index in [4.69, 9.17) is 0 Å². The molecule has 1 nitrogen and oxygen atoms in total. The summed E-state index contributed by atoms with van der Waals surface area (Å²) in [6.07, 6.45) is 1.73. The van der Waals surface area contributed by atoms with E-state index in [9.17, 15) is 0 Å². The number of hydrogen-bond donors (Lipinski definition) is 0. The molecule has 0 unspecified atom stereocenters. The van der Waals surface area contributed by atoms with E-state index >= 15 is 0 Å². The zero-order valence-corrected chi connectivity index (χ0v) is 6.73. The fourth-order valence-corrected chi connectivity index (χ4v) is 0.304. The van der Waals surface area contributed by atoms with Gasteiger partial charge in [-0.25, -0.2) is 0 Å². The predicted molar refractivity (Wildman–Crippen MR) is 45.0 cm³/mol. The molecule has 0 fully saturated rings. The maximum Gasteiger partial charge on any atom is 0.0510 e. The first-order valence-electron chi connectivity index (χ1n) is 3.04. The number of nitrogens with zero attached hydrogens (tertiary/aromatic N) is 1. The minimum Gasteiger partial charge on any atom is -0.377 e. The molecule has 0 bridgehead atoms. The van der Waals surface area contributed by atoms with Crippen molar-refractivity contribution >= 4 is 0 Å². The molecule has 0 aliphatic rings. The van der Waals surface area contributed by atoms with Crippen LogP contribution in [0.1, 0.15) is 0 Å². The summed E-state index contributed by atoms with van der Waals surface area (Å²) in [4.78, 5) is 1.85. The molecule has 0 atom stereocenters. The zero-order chi connectivity index (χ0) is 8.53. The Bertz CT molecular complexity index is 325. The molecule has 0 aliphatic heterocycles. The second kappa shape index (κ2) is 6.34. The fourth-order valence-electron chi connectivity index (χ4n) is 0.304. The first kappa shape index (κ1) is 9.22. The summed E-state index contributed by atoms with van der Waals surface area (Å²) in [6.45, 7) is 3.30. The van der Waals surface area contributed by atoms with Crippen LogP contribution in [0.3, 0.4) is 0 Å². The molecule has 0 heterocycles. The van der Waals surface area contributed by atoms with Crippen LogP contribution in [-0.2, 0) is 0 Å². The van der Waals surface area contributed by atoms with E-state index in [0.29, 0.717) is 0 Å². The van der Waals surface area contributed by atoms with Gasteiger partial charge in [-0.3, -0.25) is 0 Å². The third-order valence-corrected chi connectivity index (χ3v) is 0.671. The quantitative estimate of drug-likeness (QED) is 0.504. The van der Waals surface area contributed by atoms with Gasteiger partial charge in [0, 0.05) is 14.1 Å². The smallest absolute Gasteiger partial charge is 0.0510 e. The molecular weight excluding hydrogens is 134 g/mol. The van der Waals surface area contributed by atoms with Crippen molar-refractivity contribution in [2.45, 2.75) is 0 Å². The van der Waals surface area contributed by atoms with Gasteiger partial charge in [0.05, 0.1) is 6.20 Å². The van der Waals surface area contributed by atoms with Gasteiger partial charge in [-0.1, -0.05) is 5.73 Å². The highest BCUT2D eigenvalue weighted by Crippen LogP contribution is 1.69. The van der Waals surface area contributed by atoms with Crippen molar-refractivity contribution in [3.05, 3.63) is 47.2 Å². The van der Waals surface area contributed by atoms with Gasteiger partial charge in [-0.15, -0.1) is 0 Å². The Morgan fingerprint density at radius 1 is 1.09 bits per heavy atom. The van der Waals surface area contributed by atoms with Gasteiger partial charge < -0.3 is 4.90 Å². The molecule has 0 aromatic carbocycles. The van der Waals surface area contributed by atoms with E-state index in [0.717, 1.165) is 0 Å². The molecule has 0 spiro atoms. The Hall–Kier alpha value is -1.78. The standard InChI is InChI=1S/C10H9N/c1-4-5-6-7-8-9-10-11(2)3/h10H,1H2,2-3H3. The lowest BCUT2D eigenvalue weighted by atomic mass is 10.7. The molecule has 11 heavy (non-hydrogen) atoms. The molecule has 0 aliphatic carbocycles. The highest BCUT2D eigenvalue weighted by atomic mass is 15.0. The lowest BCUT2D eigenvalue weighted by molar-refractivity contribution is 0.565. The SMILES string of the molecule is C=C=C=C=C=C=C=CN(C)C. The predicted octanol–water partition coefficient (Wildman–Crippen LogP) is 1.62. The second-order valence-corrected chi connectivity index (χ2v) is 1.91. The third kappa shape index (κ3) is 8.22. The summed E-state index contributed by atoms with van der Waals surface area (Å²) in [5.74, 6) is 0. The summed E-state index contributed by atoms with van der Waals surface area (Å²) in [6, 6.07) is 0. The molecule has 0 amide bonds. The number of hydrogen-bond acceptors (Lipinski definition) is 1. The first-order valence-corrected chi connectivity index (χ1v) is 3.04. The van der Waals surface area contributed by atoms with E-state index in [1.54, 1.807) is 6.20 Å². The topological polar surface area (TPSA) is 3.24 Å². The molecule has 0 saturated carbocycles. The molecule has 0 radical (unpaired) electrons. The van der Waals surface area contributed by atoms with Crippen molar-refractivity contribution in [1.82, 2.24) is 4.90 Å². The van der Waals surface area contributed by atoms with Gasteiger partial charge in [0.25, 0.3) is 0 Å². The first-order chi connectivity index (χ1) is 5.27. The fraction of sp³-hybridized carbons (Fsp3) is 0.200. The van der Waals surface area contributed by atoms with Crippen LogP contribution in [0.2, 0.25) is 0 Å². The highest BCUT2D eigenvalue weighted by Gasteiger charge is 1.66. The molecule has 0 aromatic heterocycles. The highest BCUT2D eigenvalue weighted by molar-refractivity contribution is 4.87.